The van der Waals surface area contributed by atoms with E-state index in [4.69, 9.17) is 10.5 Å². The van der Waals surface area contributed by atoms with Crippen LogP contribution in [-0.4, -0.2) is 40.8 Å². The highest BCUT2D eigenvalue weighted by molar-refractivity contribution is 6.08. The van der Waals surface area contributed by atoms with E-state index >= 15 is 0 Å². The highest BCUT2D eigenvalue weighted by Gasteiger charge is 2.65. The zero-order valence-corrected chi connectivity index (χ0v) is 16.5. The molecule has 4 rings (SSSR count). The maximum absolute atomic E-state index is 13.8. The number of carbonyl (C=O) groups is 1. The first-order valence-electron chi connectivity index (χ1n) is 9.43. The average Bonchev–Trinajstić information content (AvgIpc) is 2.99. The molecule has 0 bridgehead atoms. The van der Waals surface area contributed by atoms with Crippen LogP contribution < -0.4 is 5.73 Å². The number of benzene rings is 1. The number of guanidine groups is 1. The Morgan fingerprint density at radius 2 is 1.81 bits per heavy atom. The molecule has 2 N–H and O–H groups in total. The van der Waals surface area contributed by atoms with E-state index in [1.165, 1.54) is 43.7 Å². The van der Waals surface area contributed by atoms with Gasteiger partial charge in [0.15, 0.2) is 5.96 Å². The van der Waals surface area contributed by atoms with Crippen molar-refractivity contribution in [1.82, 2.24) is 9.88 Å². The molecule has 2 heterocycles. The normalized spacial score (nSPS) is 26.1. The monoisotopic (exact) mass is 428 g/mol. The van der Waals surface area contributed by atoms with Gasteiger partial charge in [-0.05, 0) is 34.9 Å². The quantitative estimate of drug-likeness (QED) is 0.810. The SMILES string of the molecule is CN1C(=O)C(c2ccncc2)(C2(OC(F)(F)F)C=CC=C(c3ccccc3)C2)N=C1N. The number of aromatic nitrogens is 1. The average molecular weight is 428 g/mol. The number of hydrogen-bond acceptors (Lipinski definition) is 5. The van der Waals surface area contributed by atoms with Gasteiger partial charge in [-0.25, -0.2) is 4.99 Å². The summed E-state index contributed by atoms with van der Waals surface area (Å²) in [5.74, 6) is -0.921. The number of pyridine rings is 1. The molecule has 9 heteroatoms. The van der Waals surface area contributed by atoms with E-state index < -0.39 is 23.4 Å². The summed E-state index contributed by atoms with van der Waals surface area (Å²) in [7, 11) is 1.37. The summed E-state index contributed by atoms with van der Waals surface area (Å²) in [5.41, 5.74) is 3.10. The van der Waals surface area contributed by atoms with Crippen molar-refractivity contribution in [2.24, 2.45) is 10.7 Å². The molecule has 0 saturated carbocycles. The second kappa shape index (κ2) is 7.35. The number of aliphatic imine (C=N–C) groups is 1. The van der Waals surface area contributed by atoms with Crippen molar-refractivity contribution in [3.05, 3.63) is 84.2 Å². The van der Waals surface area contributed by atoms with Crippen LogP contribution in [0.15, 0.2) is 78.1 Å². The third-order valence-electron chi connectivity index (χ3n) is 5.51. The van der Waals surface area contributed by atoms with Crippen LogP contribution >= 0.6 is 0 Å². The van der Waals surface area contributed by atoms with Gasteiger partial charge in [0, 0.05) is 25.9 Å². The molecule has 1 aromatic carbocycles. The van der Waals surface area contributed by atoms with Gasteiger partial charge in [-0.3, -0.25) is 19.4 Å². The second-order valence-corrected chi connectivity index (χ2v) is 7.31. The number of alkyl halides is 3. The number of nitrogens with two attached hydrogens (primary N) is 1. The summed E-state index contributed by atoms with van der Waals surface area (Å²) < 4.78 is 46.1. The lowest BCUT2D eigenvalue weighted by Crippen LogP contribution is -2.59. The Morgan fingerprint density at radius 3 is 2.39 bits per heavy atom. The maximum Gasteiger partial charge on any atom is 0.523 e. The van der Waals surface area contributed by atoms with E-state index in [-0.39, 0.29) is 17.9 Å². The van der Waals surface area contributed by atoms with Crippen molar-refractivity contribution < 1.29 is 22.7 Å². The van der Waals surface area contributed by atoms with Crippen molar-refractivity contribution in [1.29, 1.82) is 0 Å². The molecule has 6 nitrogen and oxygen atoms in total. The molecule has 1 amide bonds. The predicted molar refractivity (Wildman–Crippen MR) is 108 cm³/mol. The topological polar surface area (TPSA) is 80.8 Å². The third-order valence-corrected chi connectivity index (χ3v) is 5.51. The number of hydrogen-bond donors (Lipinski definition) is 1. The van der Waals surface area contributed by atoms with E-state index in [0.717, 1.165) is 4.90 Å². The van der Waals surface area contributed by atoms with Crippen LogP contribution in [0.4, 0.5) is 13.2 Å². The predicted octanol–water partition coefficient (Wildman–Crippen LogP) is 3.38. The molecule has 0 fully saturated rings. The van der Waals surface area contributed by atoms with E-state index in [1.807, 2.05) is 0 Å². The van der Waals surface area contributed by atoms with Crippen LogP contribution in [0.2, 0.25) is 0 Å². The molecule has 2 unspecified atom stereocenters. The Balaban J connectivity index is 1.96. The fraction of sp³-hybridized carbons (Fsp3) is 0.227. The molecule has 0 saturated heterocycles. The lowest BCUT2D eigenvalue weighted by atomic mass is 9.69. The number of allylic oxidation sites excluding steroid dienone is 2. The summed E-state index contributed by atoms with van der Waals surface area (Å²) in [5, 5.41) is 0. The summed E-state index contributed by atoms with van der Waals surface area (Å²) in [6.07, 6.45) is 1.86. The number of nitrogens with zero attached hydrogens (tertiary/aromatic N) is 3. The van der Waals surface area contributed by atoms with Gasteiger partial charge in [0.05, 0.1) is 0 Å². The van der Waals surface area contributed by atoms with Gasteiger partial charge in [0.2, 0.25) is 5.54 Å². The van der Waals surface area contributed by atoms with Crippen LogP contribution in [0.1, 0.15) is 17.5 Å². The lowest BCUT2D eigenvalue weighted by Gasteiger charge is -2.44. The molecule has 2 aromatic rings. The van der Waals surface area contributed by atoms with Gasteiger partial charge >= 0.3 is 6.36 Å². The zero-order chi connectivity index (χ0) is 22.3. The van der Waals surface area contributed by atoms with Crippen molar-refractivity contribution in [3.8, 4) is 0 Å². The van der Waals surface area contributed by atoms with Crippen LogP contribution in [0.5, 0.6) is 0 Å². The molecule has 0 radical (unpaired) electrons. The Kier molecular flexibility index (Phi) is 4.93. The van der Waals surface area contributed by atoms with Gasteiger partial charge < -0.3 is 5.73 Å². The van der Waals surface area contributed by atoms with Crippen LogP contribution in [0.3, 0.4) is 0 Å². The van der Waals surface area contributed by atoms with E-state index in [1.54, 1.807) is 36.4 Å². The highest BCUT2D eigenvalue weighted by Crippen LogP contribution is 2.52. The van der Waals surface area contributed by atoms with Crippen molar-refractivity contribution >= 4 is 17.4 Å². The van der Waals surface area contributed by atoms with Gasteiger partial charge in [0.25, 0.3) is 5.91 Å². The number of likely N-dealkylation sites (N-methyl/N-ethyl adjacent to an activating group) is 1. The first-order chi connectivity index (χ1) is 14.7. The summed E-state index contributed by atoms with van der Waals surface area (Å²) in [6, 6.07) is 11.8. The fourth-order valence-corrected chi connectivity index (χ4v) is 4.11. The first-order valence-corrected chi connectivity index (χ1v) is 9.43. The van der Waals surface area contributed by atoms with Crippen molar-refractivity contribution in [2.45, 2.75) is 23.9 Å². The van der Waals surface area contributed by atoms with Crippen LogP contribution in [0, 0.1) is 0 Å². The maximum atomic E-state index is 13.8. The van der Waals surface area contributed by atoms with Gasteiger partial charge in [0.1, 0.15) is 5.60 Å². The van der Waals surface area contributed by atoms with E-state index in [0.29, 0.717) is 11.1 Å². The molecular weight excluding hydrogens is 409 g/mol. The molecule has 2 atom stereocenters. The largest absolute Gasteiger partial charge is 0.523 e. The minimum Gasteiger partial charge on any atom is -0.369 e. The number of carbonyl (C=O) groups excluding carboxylic acids is 1. The highest BCUT2D eigenvalue weighted by atomic mass is 19.4. The minimum atomic E-state index is -5.05. The Labute approximate surface area is 176 Å². The Bertz CT molecular complexity index is 1080. The van der Waals surface area contributed by atoms with E-state index in [2.05, 4.69) is 9.98 Å². The first kappa shape index (κ1) is 20.8. The molecule has 1 aliphatic carbocycles. The molecule has 160 valence electrons. The number of rotatable bonds is 4. The molecule has 2 aliphatic rings. The van der Waals surface area contributed by atoms with Crippen LogP contribution in [0.25, 0.3) is 5.57 Å². The van der Waals surface area contributed by atoms with Gasteiger partial charge in [-0.2, -0.15) is 0 Å². The van der Waals surface area contributed by atoms with E-state index in [9.17, 15) is 18.0 Å². The molecular formula is C22H19F3N4O2. The Hall–Kier alpha value is -3.46. The number of amides is 1. The number of halogens is 3. The molecule has 0 spiro atoms. The zero-order valence-electron chi connectivity index (χ0n) is 16.5. The standard InChI is InChI=1S/C22H19F3N4O2/c1-29-18(30)21(28-19(29)26,17-9-12-27-13-10-17)20(31-22(23,24)25)11-5-8-16(14-20)15-6-3-2-4-7-15/h2-13H,14H2,1H3,(H2,26,28). The van der Waals surface area contributed by atoms with Crippen molar-refractivity contribution in [3.63, 3.8) is 0 Å². The molecule has 1 aromatic heterocycles. The summed E-state index contributed by atoms with van der Waals surface area (Å²) in [4.78, 5) is 22.7. The minimum absolute atomic E-state index is 0.197. The fourth-order valence-electron chi connectivity index (χ4n) is 4.11. The lowest BCUT2D eigenvalue weighted by molar-refractivity contribution is -0.365. The molecule has 31 heavy (non-hydrogen) atoms. The van der Waals surface area contributed by atoms with Gasteiger partial charge in [-0.15, -0.1) is 13.2 Å². The van der Waals surface area contributed by atoms with Crippen LogP contribution in [-0.2, 0) is 15.1 Å². The van der Waals surface area contributed by atoms with Gasteiger partial charge in [-0.1, -0.05) is 42.5 Å². The summed E-state index contributed by atoms with van der Waals surface area (Å²) in [6.45, 7) is 0. The smallest absolute Gasteiger partial charge is 0.369 e. The third kappa shape index (κ3) is 3.40. The van der Waals surface area contributed by atoms with Crippen molar-refractivity contribution in [2.75, 3.05) is 7.05 Å². The second-order valence-electron chi connectivity index (χ2n) is 7.31. The Morgan fingerprint density at radius 1 is 1.13 bits per heavy atom. The molecule has 1 aliphatic heterocycles. The number of ether oxygens (including phenoxy) is 1. The summed E-state index contributed by atoms with van der Waals surface area (Å²) >= 11 is 0.